The highest BCUT2D eigenvalue weighted by molar-refractivity contribution is 7.92. The smallest absolute Gasteiger partial charge is 0.278 e. The number of aryl methyl sites for hydroxylation is 1. The van der Waals surface area contributed by atoms with E-state index in [2.05, 4.69) is 20.2 Å². The van der Waals surface area contributed by atoms with Gasteiger partial charge in [0.2, 0.25) is 0 Å². The monoisotopic (exact) mass is 400 g/mol. The molecule has 3 N–H and O–H groups in total. The maximum Gasteiger partial charge on any atom is 0.278 e. The Morgan fingerprint density at radius 2 is 1.71 bits per heavy atom. The average Bonchev–Trinajstić information content (AvgIpc) is 3.17. The first kappa shape index (κ1) is 19.4. The lowest BCUT2D eigenvalue weighted by Crippen LogP contribution is -2.14. The van der Waals surface area contributed by atoms with Crippen molar-refractivity contribution in [1.29, 1.82) is 0 Å². The van der Waals surface area contributed by atoms with Gasteiger partial charge in [-0.15, -0.1) is 0 Å². The number of anilines is 2. The second kappa shape index (κ2) is 8.13. The van der Waals surface area contributed by atoms with Crippen LogP contribution < -0.4 is 14.8 Å². The van der Waals surface area contributed by atoms with Crippen LogP contribution in [0.25, 0.3) is 0 Å². The molecule has 0 radical (unpaired) electrons. The van der Waals surface area contributed by atoms with Gasteiger partial charge in [-0.1, -0.05) is 17.7 Å². The quantitative estimate of drug-likeness (QED) is 0.564. The van der Waals surface area contributed by atoms with Crippen LogP contribution >= 0.6 is 0 Å². The number of nitrogens with zero attached hydrogens (tertiary/aromatic N) is 1. The lowest BCUT2D eigenvalue weighted by Gasteiger charge is -2.07. The number of ether oxygens (including phenoxy) is 1. The molecule has 0 aliphatic rings. The minimum absolute atomic E-state index is 0.0346. The predicted octanol–water partition coefficient (Wildman–Crippen LogP) is 3.17. The number of hydrogen-bond donors (Lipinski definition) is 3. The van der Waals surface area contributed by atoms with Gasteiger partial charge in [-0.25, -0.2) is 0 Å². The highest BCUT2D eigenvalue weighted by Gasteiger charge is 2.20. The lowest BCUT2D eigenvalue weighted by atomic mass is 10.2. The van der Waals surface area contributed by atoms with Gasteiger partial charge in [-0.2, -0.15) is 13.5 Å². The van der Waals surface area contributed by atoms with E-state index in [1.807, 2.05) is 26.0 Å². The Morgan fingerprint density at radius 1 is 1.07 bits per heavy atom. The molecule has 3 aromatic rings. The number of carbonyl (C=O) groups is 1. The standard InChI is InChI=1S/C19H20N4O4S/c1-3-27-16-10-8-15(9-11-16)23-28(25,26)18-12-17(21-22-18)19(24)20-14-6-4-13(2)5-7-14/h4-12,23H,3H2,1-2H3,(H,20,24)(H,21,22). The molecule has 1 amide bonds. The van der Waals surface area contributed by atoms with E-state index >= 15 is 0 Å². The zero-order chi connectivity index (χ0) is 20.1. The molecule has 0 aliphatic heterocycles. The number of hydrogen-bond acceptors (Lipinski definition) is 5. The van der Waals surface area contributed by atoms with Crippen molar-refractivity contribution < 1.29 is 17.9 Å². The fraction of sp³-hybridized carbons (Fsp3) is 0.158. The zero-order valence-corrected chi connectivity index (χ0v) is 16.2. The molecule has 146 valence electrons. The van der Waals surface area contributed by atoms with Crippen molar-refractivity contribution in [1.82, 2.24) is 10.2 Å². The third kappa shape index (κ3) is 4.68. The summed E-state index contributed by atoms with van der Waals surface area (Å²) in [5.74, 6) is 0.129. The minimum atomic E-state index is -3.92. The number of carbonyl (C=O) groups excluding carboxylic acids is 1. The molecule has 0 saturated carbocycles. The summed E-state index contributed by atoms with van der Waals surface area (Å²) in [7, 11) is -3.92. The van der Waals surface area contributed by atoms with Crippen LogP contribution in [0.1, 0.15) is 23.0 Å². The van der Waals surface area contributed by atoms with Crippen molar-refractivity contribution in [3.05, 3.63) is 65.9 Å². The summed E-state index contributed by atoms with van der Waals surface area (Å²) in [6.45, 7) is 4.32. The Bertz CT molecular complexity index is 1060. The number of aromatic nitrogens is 2. The number of aromatic amines is 1. The molecule has 8 nitrogen and oxygen atoms in total. The third-order valence-electron chi connectivity index (χ3n) is 3.80. The number of H-pyrrole nitrogens is 1. The molecule has 0 aliphatic carbocycles. The van der Waals surface area contributed by atoms with Crippen molar-refractivity contribution in [3.63, 3.8) is 0 Å². The highest BCUT2D eigenvalue weighted by atomic mass is 32.2. The normalized spacial score (nSPS) is 11.1. The van der Waals surface area contributed by atoms with Crippen LogP contribution in [-0.4, -0.2) is 31.1 Å². The molecular formula is C19H20N4O4S. The molecule has 1 heterocycles. The lowest BCUT2D eigenvalue weighted by molar-refractivity contribution is 0.102. The molecule has 3 rings (SSSR count). The van der Waals surface area contributed by atoms with Crippen LogP contribution in [0.5, 0.6) is 5.75 Å². The molecule has 0 fully saturated rings. The molecule has 2 aromatic carbocycles. The Balaban J connectivity index is 1.70. The van der Waals surface area contributed by atoms with Crippen molar-refractivity contribution in [2.75, 3.05) is 16.6 Å². The van der Waals surface area contributed by atoms with E-state index in [4.69, 9.17) is 4.74 Å². The van der Waals surface area contributed by atoms with E-state index in [0.29, 0.717) is 23.7 Å². The second-order valence-corrected chi connectivity index (χ2v) is 7.65. The molecular weight excluding hydrogens is 380 g/mol. The van der Waals surface area contributed by atoms with Gasteiger partial charge in [0.15, 0.2) is 10.7 Å². The van der Waals surface area contributed by atoms with Crippen LogP contribution in [0, 0.1) is 6.92 Å². The first-order valence-electron chi connectivity index (χ1n) is 8.56. The number of amides is 1. The van der Waals surface area contributed by atoms with Crippen molar-refractivity contribution >= 4 is 27.3 Å². The SMILES string of the molecule is CCOc1ccc(NS(=O)(=O)c2cc(C(=O)Nc3ccc(C)cc3)n[nH]2)cc1. The van der Waals surface area contributed by atoms with Gasteiger partial charge in [0.1, 0.15) is 5.75 Å². The fourth-order valence-electron chi connectivity index (χ4n) is 2.39. The van der Waals surface area contributed by atoms with Gasteiger partial charge in [0.25, 0.3) is 15.9 Å². The number of rotatable bonds is 7. The van der Waals surface area contributed by atoms with Crippen LogP contribution in [0.2, 0.25) is 0 Å². The Morgan fingerprint density at radius 3 is 2.36 bits per heavy atom. The van der Waals surface area contributed by atoms with E-state index in [9.17, 15) is 13.2 Å². The van der Waals surface area contributed by atoms with Crippen LogP contribution in [0.4, 0.5) is 11.4 Å². The third-order valence-corrected chi connectivity index (χ3v) is 5.10. The summed E-state index contributed by atoms with van der Waals surface area (Å²) in [6, 6.07) is 14.9. The summed E-state index contributed by atoms with van der Waals surface area (Å²) < 4.78 is 32.7. The molecule has 9 heteroatoms. The molecule has 0 saturated heterocycles. The molecule has 0 atom stereocenters. The second-order valence-electron chi connectivity index (χ2n) is 6.00. The Kier molecular flexibility index (Phi) is 5.65. The van der Waals surface area contributed by atoms with E-state index in [1.165, 1.54) is 6.07 Å². The van der Waals surface area contributed by atoms with E-state index < -0.39 is 15.9 Å². The Labute approximate surface area is 163 Å². The summed E-state index contributed by atoms with van der Waals surface area (Å²) in [5, 5.41) is 8.64. The van der Waals surface area contributed by atoms with Gasteiger partial charge in [0.05, 0.1) is 6.61 Å². The minimum Gasteiger partial charge on any atom is -0.494 e. The maximum atomic E-state index is 12.5. The highest BCUT2D eigenvalue weighted by Crippen LogP contribution is 2.19. The summed E-state index contributed by atoms with van der Waals surface area (Å²) in [5.41, 5.74) is 1.98. The maximum absolute atomic E-state index is 12.5. The molecule has 0 unspecified atom stereocenters. The summed E-state index contributed by atoms with van der Waals surface area (Å²) in [6.07, 6.45) is 0. The van der Waals surface area contributed by atoms with Crippen LogP contribution in [0.15, 0.2) is 59.6 Å². The van der Waals surface area contributed by atoms with Gasteiger partial charge < -0.3 is 10.1 Å². The first-order chi connectivity index (χ1) is 13.4. The molecule has 0 spiro atoms. The van der Waals surface area contributed by atoms with Gasteiger partial charge in [0, 0.05) is 17.4 Å². The number of benzene rings is 2. The van der Waals surface area contributed by atoms with E-state index in [1.54, 1.807) is 36.4 Å². The first-order valence-corrected chi connectivity index (χ1v) is 10.0. The Hall–Kier alpha value is -3.33. The number of nitrogens with one attached hydrogen (secondary N) is 3. The number of sulfonamides is 1. The topological polar surface area (TPSA) is 113 Å². The summed E-state index contributed by atoms with van der Waals surface area (Å²) >= 11 is 0. The van der Waals surface area contributed by atoms with Crippen molar-refractivity contribution in [2.45, 2.75) is 18.9 Å². The van der Waals surface area contributed by atoms with Gasteiger partial charge in [-0.3, -0.25) is 14.6 Å². The van der Waals surface area contributed by atoms with Crippen LogP contribution in [0.3, 0.4) is 0 Å². The van der Waals surface area contributed by atoms with Gasteiger partial charge in [-0.05, 0) is 50.2 Å². The van der Waals surface area contributed by atoms with Crippen molar-refractivity contribution in [3.8, 4) is 5.75 Å². The van der Waals surface area contributed by atoms with E-state index in [-0.39, 0.29) is 10.7 Å². The van der Waals surface area contributed by atoms with Gasteiger partial charge >= 0.3 is 0 Å². The summed E-state index contributed by atoms with van der Waals surface area (Å²) in [4.78, 5) is 12.3. The molecule has 1 aromatic heterocycles. The largest absolute Gasteiger partial charge is 0.494 e. The van der Waals surface area contributed by atoms with Crippen LogP contribution in [-0.2, 0) is 10.0 Å². The van der Waals surface area contributed by atoms with Crippen molar-refractivity contribution in [2.24, 2.45) is 0 Å². The molecule has 0 bridgehead atoms. The molecule has 28 heavy (non-hydrogen) atoms. The zero-order valence-electron chi connectivity index (χ0n) is 15.4. The predicted molar refractivity (Wildman–Crippen MR) is 106 cm³/mol. The average molecular weight is 400 g/mol. The fourth-order valence-corrected chi connectivity index (χ4v) is 3.37. The van der Waals surface area contributed by atoms with E-state index in [0.717, 1.165) is 5.56 Å².